The molecule has 0 radical (unpaired) electrons. The van der Waals surface area contributed by atoms with Crippen LogP contribution in [0.2, 0.25) is 5.15 Å². The topological polar surface area (TPSA) is 98.0 Å². The highest BCUT2D eigenvalue weighted by Crippen LogP contribution is 2.21. The summed E-state index contributed by atoms with van der Waals surface area (Å²) in [6.45, 7) is 1.80. The lowest BCUT2D eigenvalue weighted by atomic mass is 10.2. The van der Waals surface area contributed by atoms with Gasteiger partial charge in [-0.1, -0.05) is 11.6 Å². The molecular weight excluding hydrogens is 284 g/mol. The van der Waals surface area contributed by atoms with Gasteiger partial charge in [0.1, 0.15) is 16.9 Å². The fourth-order valence-electron chi connectivity index (χ4n) is 1.49. The maximum absolute atomic E-state index is 12.0. The number of carbonyl (C=O) groups excluding carboxylic acids is 1. The van der Waals surface area contributed by atoms with Crippen LogP contribution in [0.4, 0.5) is 11.4 Å². The number of hydrogen-bond donors (Lipinski definition) is 1. The summed E-state index contributed by atoms with van der Waals surface area (Å²) in [5.74, 6) is -0.647. The second kappa shape index (κ2) is 5.62. The van der Waals surface area contributed by atoms with Gasteiger partial charge in [0.2, 0.25) is 0 Å². The normalized spacial score (nSPS) is 10.1. The third-order valence-corrected chi connectivity index (χ3v) is 2.67. The number of halogens is 1. The fourth-order valence-corrected chi connectivity index (χ4v) is 1.65. The smallest absolute Gasteiger partial charge is 0.300 e. The average Bonchev–Trinajstić information content (AvgIpc) is 2.41. The minimum absolute atomic E-state index is 0.00258. The van der Waals surface area contributed by atoms with Gasteiger partial charge in [-0.25, -0.2) is 4.98 Å². The molecule has 1 N–H and O–H groups in total. The predicted molar refractivity (Wildman–Crippen MR) is 72.8 cm³/mol. The minimum Gasteiger partial charge on any atom is -0.320 e. The summed E-state index contributed by atoms with van der Waals surface area (Å²) < 4.78 is 0. The van der Waals surface area contributed by atoms with Crippen molar-refractivity contribution in [3.63, 3.8) is 0 Å². The zero-order chi connectivity index (χ0) is 14.7. The predicted octanol–water partition coefficient (Wildman–Crippen LogP) is 2.60. The Balaban J connectivity index is 2.31. The highest BCUT2D eigenvalue weighted by molar-refractivity contribution is 6.30. The lowest BCUT2D eigenvalue weighted by Crippen LogP contribution is -2.14. The summed E-state index contributed by atoms with van der Waals surface area (Å²) in [5, 5.41) is 13.4. The number of anilines is 1. The molecule has 2 rings (SSSR count). The number of aryl methyl sites for hydroxylation is 1. The molecule has 0 fully saturated rings. The standard InChI is InChI=1S/C12H9ClN4O3/c1-7-2-3-8(5-14-7)16-12(18)9-4-11(13)15-6-10(9)17(19)20/h2-6H,1H3,(H,16,18). The number of nitrogens with one attached hydrogen (secondary N) is 1. The number of amides is 1. The molecule has 20 heavy (non-hydrogen) atoms. The molecule has 0 aliphatic carbocycles. The second-order valence-electron chi connectivity index (χ2n) is 3.92. The summed E-state index contributed by atoms with van der Waals surface area (Å²) in [7, 11) is 0. The lowest BCUT2D eigenvalue weighted by Gasteiger charge is -2.05. The van der Waals surface area contributed by atoms with Crippen LogP contribution in [0.1, 0.15) is 16.1 Å². The van der Waals surface area contributed by atoms with E-state index in [1.165, 1.54) is 6.20 Å². The Hall–Kier alpha value is -2.54. The Morgan fingerprint density at radius 1 is 1.35 bits per heavy atom. The molecule has 7 nitrogen and oxygen atoms in total. The van der Waals surface area contributed by atoms with Crippen LogP contribution in [-0.2, 0) is 0 Å². The molecule has 2 aromatic rings. The molecule has 2 aromatic heterocycles. The minimum atomic E-state index is -0.689. The Morgan fingerprint density at radius 3 is 2.70 bits per heavy atom. The zero-order valence-electron chi connectivity index (χ0n) is 10.3. The van der Waals surface area contributed by atoms with Crippen molar-refractivity contribution in [1.29, 1.82) is 0 Å². The van der Waals surface area contributed by atoms with E-state index in [1.54, 1.807) is 19.1 Å². The van der Waals surface area contributed by atoms with Crippen LogP contribution in [-0.4, -0.2) is 20.8 Å². The molecule has 0 aliphatic heterocycles. The van der Waals surface area contributed by atoms with E-state index in [-0.39, 0.29) is 10.7 Å². The monoisotopic (exact) mass is 292 g/mol. The molecule has 1 amide bonds. The van der Waals surface area contributed by atoms with Gasteiger partial charge < -0.3 is 5.32 Å². The second-order valence-corrected chi connectivity index (χ2v) is 4.31. The third kappa shape index (κ3) is 3.07. The first-order valence-electron chi connectivity index (χ1n) is 5.51. The van der Waals surface area contributed by atoms with E-state index in [2.05, 4.69) is 15.3 Å². The van der Waals surface area contributed by atoms with Crippen LogP contribution in [0.3, 0.4) is 0 Å². The number of carbonyl (C=O) groups is 1. The largest absolute Gasteiger partial charge is 0.320 e. The Labute approximate surface area is 118 Å². The van der Waals surface area contributed by atoms with Crippen molar-refractivity contribution >= 4 is 28.9 Å². The first-order chi connectivity index (χ1) is 9.47. The molecule has 102 valence electrons. The van der Waals surface area contributed by atoms with Crippen LogP contribution in [0.15, 0.2) is 30.6 Å². The number of rotatable bonds is 3. The van der Waals surface area contributed by atoms with Crippen molar-refractivity contribution in [1.82, 2.24) is 9.97 Å². The fraction of sp³-hybridized carbons (Fsp3) is 0.0833. The molecule has 0 atom stereocenters. The van der Waals surface area contributed by atoms with Gasteiger partial charge in [-0.15, -0.1) is 0 Å². The molecule has 2 heterocycles. The molecule has 8 heteroatoms. The lowest BCUT2D eigenvalue weighted by molar-refractivity contribution is -0.385. The summed E-state index contributed by atoms with van der Waals surface area (Å²) >= 11 is 5.66. The van der Waals surface area contributed by atoms with E-state index in [9.17, 15) is 14.9 Å². The number of pyridine rings is 2. The first kappa shape index (κ1) is 13.9. The van der Waals surface area contributed by atoms with Crippen LogP contribution >= 0.6 is 11.6 Å². The van der Waals surface area contributed by atoms with Gasteiger partial charge in [-0.3, -0.25) is 19.9 Å². The Kier molecular flexibility index (Phi) is 3.90. The van der Waals surface area contributed by atoms with Crippen LogP contribution in [0, 0.1) is 17.0 Å². The molecule has 0 aromatic carbocycles. The molecule has 0 saturated carbocycles. The van der Waals surface area contributed by atoms with E-state index in [1.807, 2.05) is 0 Å². The molecule has 0 bridgehead atoms. The zero-order valence-corrected chi connectivity index (χ0v) is 11.1. The van der Waals surface area contributed by atoms with Gasteiger partial charge in [0.15, 0.2) is 0 Å². The Morgan fingerprint density at radius 2 is 2.10 bits per heavy atom. The van der Waals surface area contributed by atoms with Gasteiger partial charge in [0, 0.05) is 5.69 Å². The van der Waals surface area contributed by atoms with Crippen molar-refractivity contribution in [2.75, 3.05) is 5.32 Å². The molecule has 0 unspecified atom stereocenters. The van der Waals surface area contributed by atoms with E-state index < -0.39 is 16.5 Å². The van der Waals surface area contributed by atoms with Crippen molar-refractivity contribution < 1.29 is 9.72 Å². The number of aromatic nitrogens is 2. The van der Waals surface area contributed by atoms with Crippen LogP contribution in [0.25, 0.3) is 0 Å². The van der Waals surface area contributed by atoms with Gasteiger partial charge >= 0.3 is 0 Å². The van der Waals surface area contributed by atoms with Crippen molar-refractivity contribution in [2.24, 2.45) is 0 Å². The summed E-state index contributed by atoms with van der Waals surface area (Å²) in [6, 6.07) is 4.51. The molecular formula is C12H9ClN4O3. The Bertz CT molecular complexity index is 673. The highest BCUT2D eigenvalue weighted by Gasteiger charge is 2.21. The maximum Gasteiger partial charge on any atom is 0.300 e. The van der Waals surface area contributed by atoms with Crippen molar-refractivity contribution in [2.45, 2.75) is 6.92 Å². The quantitative estimate of drug-likeness (QED) is 0.532. The summed E-state index contributed by atoms with van der Waals surface area (Å²) in [4.78, 5) is 29.8. The van der Waals surface area contributed by atoms with Gasteiger partial charge in [-0.2, -0.15) is 0 Å². The highest BCUT2D eigenvalue weighted by atomic mass is 35.5. The first-order valence-corrected chi connectivity index (χ1v) is 5.89. The van der Waals surface area contributed by atoms with E-state index in [4.69, 9.17) is 11.6 Å². The average molecular weight is 293 g/mol. The maximum atomic E-state index is 12.0. The van der Waals surface area contributed by atoms with Crippen LogP contribution < -0.4 is 5.32 Å². The SMILES string of the molecule is Cc1ccc(NC(=O)c2cc(Cl)ncc2[N+](=O)[O-])cn1. The van der Waals surface area contributed by atoms with Crippen molar-refractivity contribution in [3.05, 3.63) is 57.1 Å². The van der Waals surface area contributed by atoms with E-state index >= 15 is 0 Å². The molecule has 0 aliphatic rings. The van der Waals surface area contributed by atoms with E-state index in [0.29, 0.717) is 5.69 Å². The summed E-state index contributed by atoms with van der Waals surface area (Å²) in [6.07, 6.45) is 2.41. The van der Waals surface area contributed by atoms with Gasteiger partial charge in [-0.05, 0) is 25.1 Å². The molecule has 0 saturated heterocycles. The van der Waals surface area contributed by atoms with Gasteiger partial charge in [0.25, 0.3) is 11.6 Å². The number of nitrogens with zero attached hydrogens (tertiary/aromatic N) is 3. The third-order valence-electron chi connectivity index (χ3n) is 2.46. The number of hydrogen-bond acceptors (Lipinski definition) is 5. The molecule has 0 spiro atoms. The van der Waals surface area contributed by atoms with Gasteiger partial charge in [0.05, 0.1) is 16.8 Å². The van der Waals surface area contributed by atoms with Crippen LogP contribution in [0.5, 0.6) is 0 Å². The van der Waals surface area contributed by atoms with E-state index in [0.717, 1.165) is 18.0 Å². The number of nitro groups is 1. The summed E-state index contributed by atoms with van der Waals surface area (Å²) in [5.41, 5.74) is 0.659. The van der Waals surface area contributed by atoms with Crippen molar-refractivity contribution in [3.8, 4) is 0 Å².